The smallest absolute Gasteiger partial charge is 0.312 e. The van der Waals surface area contributed by atoms with E-state index in [9.17, 15) is 4.79 Å². The van der Waals surface area contributed by atoms with Crippen molar-refractivity contribution in [1.29, 1.82) is 5.41 Å². The van der Waals surface area contributed by atoms with Crippen LogP contribution in [0.1, 0.15) is 19.3 Å². The molecule has 0 radical (unpaired) electrons. The molecule has 1 fully saturated rings. The molecule has 3 heteroatoms. The largest absolute Gasteiger partial charge is 0.481 e. The summed E-state index contributed by atoms with van der Waals surface area (Å²) in [5.74, 6) is -1.30. The van der Waals surface area contributed by atoms with Crippen molar-refractivity contribution >= 4 is 11.7 Å². The first-order chi connectivity index (χ1) is 4.22. The first-order valence-corrected chi connectivity index (χ1v) is 3.02. The van der Waals surface area contributed by atoms with Gasteiger partial charge in [-0.05, 0) is 19.3 Å². The normalized spacial score (nSPS) is 26.7. The quantitative estimate of drug-likeness (QED) is 0.549. The summed E-state index contributed by atoms with van der Waals surface area (Å²) < 4.78 is 0. The molecule has 0 bridgehead atoms. The molecule has 9 heavy (non-hydrogen) atoms. The number of hydrogen-bond donors (Lipinski definition) is 2. The van der Waals surface area contributed by atoms with Crippen LogP contribution in [0.15, 0.2) is 0 Å². The molecule has 0 amide bonds. The van der Waals surface area contributed by atoms with E-state index in [4.69, 9.17) is 10.5 Å². The fraction of sp³-hybridized carbons (Fsp3) is 0.667. The number of rotatable bonds is 1. The average molecular weight is 127 g/mol. The third kappa shape index (κ3) is 1.09. The predicted molar refractivity (Wildman–Crippen MR) is 32.7 cm³/mol. The van der Waals surface area contributed by atoms with Crippen molar-refractivity contribution in [3.8, 4) is 0 Å². The molecule has 0 aromatic rings. The Morgan fingerprint density at radius 1 is 1.78 bits per heavy atom. The van der Waals surface area contributed by atoms with Gasteiger partial charge in [0.05, 0.1) is 5.92 Å². The van der Waals surface area contributed by atoms with Crippen LogP contribution in [0.5, 0.6) is 0 Å². The molecule has 0 spiro atoms. The number of hydrogen-bond acceptors (Lipinski definition) is 2. The summed E-state index contributed by atoms with van der Waals surface area (Å²) in [7, 11) is 0. The highest BCUT2D eigenvalue weighted by molar-refractivity contribution is 6.01. The van der Waals surface area contributed by atoms with Crippen LogP contribution in [0.2, 0.25) is 0 Å². The maximum absolute atomic E-state index is 10.3. The molecule has 1 rings (SSSR count). The topological polar surface area (TPSA) is 61.2 Å². The van der Waals surface area contributed by atoms with Gasteiger partial charge in [0, 0.05) is 5.71 Å². The van der Waals surface area contributed by atoms with Crippen LogP contribution in [0.3, 0.4) is 0 Å². The molecule has 2 N–H and O–H groups in total. The minimum absolute atomic E-state index is 0.391. The van der Waals surface area contributed by atoms with Gasteiger partial charge in [-0.3, -0.25) is 4.79 Å². The molecule has 0 aromatic heterocycles. The highest BCUT2D eigenvalue weighted by atomic mass is 16.4. The van der Waals surface area contributed by atoms with Gasteiger partial charge in [0.25, 0.3) is 0 Å². The van der Waals surface area contributed by atoms with Gasteiger partial charge in [-0.1, -0.05) is 0 Å². The molecule has 3 nitrogen and oxygen atoms in total. The highest BCUT2D eigenvalue weighted by Crippen LogP contribution is 2.21. The summed E-state index contributed by atoms with van der Waals surface area (Å²) in [5.41, 5.74) is 0.391. The lowest BCUT2D eigenvalue weighted by atomic mass is 10.1. The number of carbonyl (C=O) groups is 1. The van der Waals surface area contributed by atoms with Crippen LogP contribution in [0, 0.1) is 11.3 Å². The van der Waals surface area contributed by atoms with Gasteiger partial charge < -0.3 is 10.5 Å². The molecule has 1 aliphatic carbocycles. The zero-order chi connectivity index (χ0) is 6.85. The summed E-state index contributed by atoms with van der Waals surface area (Å²) in [4.78, 5) is 10.3. The number of nitrogens with one attached hydrogen (secondary N) is 1. The van der Waals surface area contributed by atoms with Gasteiger partial charge in [0.2, 0.25) is 0 Å². The predicted octanol–water partition coefficient (Wildman–Crippen LogP) is 0.891. The van der Waals surface area contributed by atoms with E-state index in [-0.39, 0.29) is 0 Å². The van der Waals surface area contributed by atoms with Crippen LogP contribution >= 0.6 is 0 Å². The van der Waals surface area contributed by atoms with E-state index in [2.05, 4.69) is 0 Å². The molecular weight excluding hydrogens is 118 g/mol. The van der Waals surface area contributed by atoms with Gasteiger partial charge in [0.1, 0.15) is 0 Å². The van der Waals surface area contributed by atoms with Crippen molar-refractivity contribution in [1.82, 2.24) is 0 Å². The van der Waals surface area contributed by atoms with Crippen molar-refractivity contribution in [2.24, 2.45) is 5.92 Å². The van der Waals surface area contributed by atoms with E-state index in [1.807, 2.05) is 0 Å². The van der Waals surface area contributed by atoms with Gasteiger partial charge >= 0.3 is 5.97 Å². The second kappa shape index (κ2) is 2.17. The second-order valence-electron chi connectivity index (χ2n) is 2.31. The third-order valence-corrected chi connectivity index (χ3v) is 1.66. The summed E-state index contributed by atoms with van der Waals surface area (Å²) in [5, 5.41) is 15.6. The Kier molecular flexibility index (Phi) is 1.51. The molecular formula is C6H9NO2. The van der Waals surface area contributed by atoms with E-state index in [0.717, 1.165) is 6.42 Å². The fourth-order valence-corrected chi connectivity index (χ4v) is 1.12. The van der Waals surface area contributed by atoms with E-state index >= 15 is 0 Å². The van der Waals surface area contributed by atoms with Crippen molar-refractivity contribution in [3.63, 3.8) is 0 Å². The number of carboxylic acid groups (broad SMARTS) is 1. The third-order valence-electron chi connectivity index (χ3n) is 1.66. The number of aliphatic carboxylic acids is 1. The second-order valence-corrected chi connectivity index (χ2v) is 2.31. The maximum Gasteiger partial charge on any atom is 0.312 e. The van der Waals surface area contributed by atoms with E-state index in [0.29, 0.717) is 18.6 Å². The Labute approximate surface area is 53.2 Å². The highest BCUT2D eigenvalue weighted by Gasteiger charge is 2.26. The molecule has 1 saturated carbocycles. The SMILES string of the molecule is N=C1CCC[C@@H]1C(=O)O. The Morgan fingerprint density at radius 2 is 2.44 bits per heavy atom. The van der Waals surface area contributed by atoms with Gasteiger partial charge in [0.15, 0.2) is 0 Å². The Balaban J connectivity index is 2.60. The lowest BCUT2D eigenvalue weighted by Gasteiger charge is -1.99. The van der Waals surface area contributed by atoms with Crippen molar-refractivity contribution in [3.05, 3.63) is 0 Å². The van der Waals surface area contributed by atoms with Gasteiger partial charge in [-0.15, -0.1) is 0 Å². The molecule has 0 heterocycles. The minimum Gasteiger partial charge on any atom is -0.481 e. The first kappa shape index (κ1) is 6.26. The summed E-state index contributed by atoms with van der Waals surface area (Å²) in [6.45, 7) is 0. The first-order valence-electron chi connectivity index (χ1n) is 3.02. The maximum atomic E-state index is 10.3. The standard InChI is InChI=1S/C6H9NO2/c7-5-3-1-2-4(5)6(8)9/h4,7H,1-3H2,(H,8,9)/t4-/m0/s1. The van der Waals surface area contributed by atoms with Gasteiger partial charge in [-0.2, -0.15) is 0 Å². The zero-order valence-electron chi connectivity index (χ0n) is 5.05. The molecule has 1 atom stereocenters. The minimum atomic E-state index is -0.836. The van der Waals surface area contributed by atoms with Crippen molar-refractivity contribution in [2.75, 3.05) is 0 Å². The zero-order valence-corrected chi connectivity index (χ0v) is 5.05. The molecule has 0 unspecified atom stereocenters. The lowest BCUT2D eigenvalue weighted by molar-refractivity contribution is -0.139. The Bertz CT molecular complexity index is 153. The van der Waals surface area contributed by atoms with Crippen molar-refractivity contribution < 1.29 is 9.90 Å². The summed E-state index contributed by atoms with van der Waals surface area (Å²) in [6.07, 6.45) is 2.21. The molecule has 1 aliphatic rings. The van der Waals surface area contributed by atoms with E-state index in [1.54, 1.807) is 0 Å². The van der Waals surface area contributed by atoms with Crippen LogP contribution in [0.25, 0.3) is 0 Å². The number of carboxylic acids is 1. The fourth-order valence-electron chi connectivity index (χ4n) is 1.12. The van der Waals surface area contributed by atoms with Crippen LogP contribution in [-0.2, 0) is 4.79 Å². The van der Waals surface area contributed by atoms with Crippen LogP contribution in [0.4, 0.5) is 0 Å². The van der Waals surface area contributed by atoms with Crippen molar-refractivity contribution in [2.45, 2.75) is 19.3 Å². The molecule has 0 saturated heterocycles. The van der Waals surface area contributed by atoms with E-state index < -0.39 is 11.9 Å². The van der Waals surface area contributed by atoms with E-state index in [1.165, 1.54) is 0 Å². The van der Waals surface area contributed by atoms with Crippen LogP contribution < -0.4 is 0 Å². The monoisotopic (exact) mass is 127 g/mol. The van der Waals surface area contributed by atoms with Gasteiger partial charge in [-0.25, -0.2) is 0 Å². The lowest BCUT2D eigenvalue weighted by Crippen LogP contribution is -2.16. The molecule has 50 valence electrons. The average Bonchev–Trinajstić information content (AvgIpc) is 2.13. The summed E-state index contributed by atoms with van der Waals surface area (Å²) in [6, 6.07) is 0. The summed E-state index contributed by atoms with van der Waals surface area (Å²) >= 11 is 0. The Hall–Kier alpha value is -0.860. The molecule has 0 aliphatic heterocycles. The Morgan fingerprint density at radius 3 is 2.67 bits per heavy atom. The van der Waals surface area contributed by atoms with Crippen LogP contribution in [-0.4, -0.2) is 16.8 Å². The molecule has 0 aromatic carbocycles.